The highest BCUT2D eigenvalue weighted by Crippen LogP contribution is 2.29. The Hall–Kier alpha value is -3.83. The molecule has 2 aromatic carbocycles. The number of carbonyl (C=O) groups excluding carboxylic acids is 2. The van der Waals surface area contributed by atoms with Crippen LogP contribution in [0, 0.1) is 0 Å². The Kier molecular flexibility index (Phi) is 8.08. The molecule has 11 heteroatoms. The van der Waals surface area contributed by atoms with Crippen LogP contribution in [-0.4, -0.2) is 74.8 Å². The molecule has 0 bridgehead atoms. The Balaban J connectivity index is 1.80. The number of hydrogen-bond acceptors (Lipinski definition) is 6. The van der Waals surface area contributed by atoms with Crippen LogP contribution in [0.25, 0.3) is 17.0 Å². The quantitative estimate of drug-likeness (QED) is 0.440. The highest BCUT2D eigenvalue weighted by molar-refractivity contribution is 7.87. The number of para-hydroxylation sites is 1. The molecule has 202 valence electrons. The fourth-order valence-corrected chi connectivity index (χ4v) is 5.41. The minimum atomic E-state index is -3.83. The Labute approximate surface area is 222 Å². The lowest BCUT2D eigenvalue weighted by molar-refractivity contribution is -0.128. The lowest BCUT2D eigenvalue weighted by atomic mass is 10.1. The molecule has 0 aliphatic carbocycles. The first-order chi connectivity index (χ1) is 18.2. The first kappa shape index (κ1) is 27.2. The van der Waals surface area contributed by atoms with E-state index >= 15 is 0 Å². The SMILES string of the molecule is COc1ccc(C(=O)NC(=Cc2cn(S(=O)(=O)N(C)C)c3ccccc23)C(=O)N2CCCCC2)cc1OC. The molecule has 0 unspecified atom stereocenters. The van der Waals surface area contributed by atoms with Gasteiger partial charge in [-0.2, -0.15) is 12.7 Å². The number of methoxy groups -OCH3 is 2. The van der Waals surface area contributed by atoms with Crippen molar-refractivity contribution in [3.8, 4) is 11.5 Å². The molecule has 1 fully saturated rings. The summed E-state index contributed by atoms with van der Waals surface area (Å²) < 4.78 is 38.9. The van der Waals surface area contributed by atoms with E-state index in [1.807, 2.05) is 0 Å². The Morgan fingerprint density at radius 3 is 2.32 bits per heavy atom. The van der Waals surface area contributed by atoms with Crippen LogP contribution in [-0.2, 0) is 15.0 Å². The van der Waals surface area contributed by atoms with Crippen molar-refractivity contribution >= 4 is 39.0 Å². The number of nitrogens with zero attached hydrogens (tertiary/aromatic N) is 3. The summed E-state index contributed by atoms with van der Waals surface area (Å²) >= 11 is 0. The summed E-state index contributed by atoms with van der Waals surface area (Å²) in [4.78, 5) is 28.6. The van der Waals surface area contributed by atoms with Crippen molar-refractivity contribution in [2.24, 2.45) is 0 Å². The lowest BCUT2D eigenvalue weighted by Gasteiger charge is -2.27. The average Bonchev–Trinajstić information content (AvgIpc) is 3.31. The van der Waals surface area contributed by atoms with Crippen molar-refractivity contribution in [2.75, 3.05) is 41.4 Å². The number of likely N-dealkylation sites (tertiary alicyclic amines) is 1. The predicted octanol–water partition coefficient (Wildman–Crippen LogP) is 3.10. The summed E-state index contributed by atoms with van der Waals surface area (Å²) in [7, 11) is 2.06. The van der Waals surface area contributed by atoms with Crippen molar-refractivity contribution in [1.29, 1.82) is 0 Å². The normalized spacial score (nSPS) is 14.6. The van der Waals surface area contributed by atoms with Crippen molar-refractivity contribution in [3.63, 3.8) is 0 Å². The average molecular weight is 541 g/mol. The van der Waals surface area contributed by atoms with Crippen LogP contribution < -0.4 is 14.8 Å². The van der Waals surface area contributed by atoms with Gasteiger partial charge in [-0.05, 0) is 49.6 Å². The molecule has 1 aromatic heterocycles. The largest absolute Gasteiger partial charge is 0.493 e. The van der Waals surface area contributed by atoms with Crippen molar-refractivity contribution in [1.82, 2.24) is 18.5 Å². The number of rotatable bonds is 8. The third-order valence-electron chi connectivity index (χ3n) is 6.49. The number of hydrogen-bond donors (Lipinski definition) is 1. The Morgan fingerprint density at radius 2 is 1.66 bits per heavy atom. The third-order valence-corrected chi connectivity index (χ3v) is 8.21. The maximum atomic E-state index is 13.6. The number of fused-ring (bicyclic) bond motifs is 1. The zero-order chi connectivity index (χ0) is 27.4. The molecule has 0 spiro atoms. The standard InChI is InChI=1S/C27H32N4O6S/c1-29(2)38(34,35)31-18-20(21-10-6-7-11-23(21)31)16-22(27(33)30-14-8-5-9-15-30)28-26(32)19-12-13-24(36-3)25(17-19)37-4/h6-7,10-13,16-18H,5,8-9,14-15H2,1-4H3,(H,28,32). The molecular weight excluding hydrogens is 508 g/mol. The van der Waals surface area contributed by atoms with Crippen molar-refractivity contribution in [2.45, 2.75) is 19.3 Å². The lowest BCUT2D eigenvalue weighted by Crippen LogP contribution is -2.41. The second-order valence-electron chi connectivity index (χ2n) is 9.12. The second-order valence-corrected chi connectivity index (χ2v) is 11.1. The molecule has 1 aliphatic heterocycles. The zero-order valence-electron chi connectivity index (χ0n) is 21.9. The summed E-state index contributed by atoms with van der Waals surface area (Å²) in [5, 5.41) is 3.40. The smallest absolute Gasteiger partial charge is 0.307 e. The Bertz CT molecular complexity index is 1490. The van der Waals surface area contributed by atoms with Gasteiger partial charge in [0.1, 0.15) is 5.70 Å². The van der Waals surface area contributed by atoms with Crippen LogP contribution >= 0.6 is 0 Å². The number of aromatic nitrogens is 1. The molecule has 0 radical (unpaired) electrons. The first-order valence-corrected chi connectivity index (χ1v) is 13.6. The monoisotopic (exact) mass is 540 g/mol. The van der Waals surface area contributed by atoms with Crippen LogP contribution in [0.15, 0.2) is 54.4 Å². The van der Waals surface area contributed by atoms with Crippen LogP contribution in [0.4, 0.5) is 0 Å². The molecule has 10 nitrogen and oxygen atoms in total. The summed E-state index contributed by atoms with van der Waals surface area (Å²) in [5.74, 6) is 0.0159. The minimum absolute atomic E-state index is 0.0526. The van der Waals surface area contributed by atoms with Gasteiger partial charge in [-0.15, -0.1) is 0 Å². The molecule has 1 N–H and O–H groups in total. The van der Waals surface area contributed by atoms with Gasteiger partial charge in [0.2, 0.25) is 0 Å². The molecule has 0 atom stereocenters. The van der Waals surface area contributed by atoms with Gasteiger partial charge in [0.05, 0.1) is 19.7 Å². The van der Waals surface area contributed by atoms with Gasteiger partial charge in [0.25, 0.3) is 11.8 Å². The van der Waals surface area contributed by atoms with Crippen molar-refractivity contribution < 1.29 is 27.5 Å². The topological polar surface area (TPSA) is 110 Å². The molecule has 2 heterocycles. The summed E-state index contributed by atoms with van der Waals surface area (Å²) in [6.45, 7) is 1.17. The summed E-state index contributed by atoms with van der Waals surface area (Å²) in [5.41, 5.74) is 1.27. The highest BCUT2D eigenvalue weighted by Gasteiger charge is 2.25. The summed E-state index contributed by atoms with van der Waals surface area (Å²) in [6, 6.07) is 11.7. The van der Waals surface area contributed by atoms with E-state index in [4.69, 9.17) is 9.47 Å². The maximum Gasteiger partial charge on any atom is 0.307 e. The van der Waals surface area contributed by atoms with Gasteiger partial charge in [-0.3, -0.25) is 9.59 Å². The number of ether oxygens (including phenoxy) is 2. The van der Waals surface area contributed by atoms with E-state index in [0.29, 0.717) is 41.1 Å². The van der Waals surface area contributed by atoms with E-state index in [-0.39, 0.29) is 17.2 Å². The van der Waals surface area contributed by atoms with Crippen LogP contribution in [0.2, 0.25) is 0 Å². The minimum Gasteiger partial charge on any atom is -0.493 e. The number of piperidine rings is 1. The van der Waals surface area contributed by atoms with E-state index in [0.717, 1.165) is 23.6 Å². The van der Waals surface area contributed by atoms with Gasteiger partial charge < -0.3 is 19.7 Å². The molecule has 0 saturated carbocycles. The number of nitrogens with one attached hydrogen (secondary N) is 1. The van der Waals surface area contributed by atoms with Gasteiger partial charge in [-0.1, -0.05) is 18.2 Å². The number of carbonyl (C=O) groups is 2. The molecule has 3 aromatic rings. The molecule has 4 rings (SSSR count). The molecular formula is C27H32N4O6S. The van der Waals surface area contributed by atoms with Gasteiger partial charge in [0, 0.05) is 49.9 Å². The van der Waals surface area contributed by atoms with Crippen LogP contribution in [0.1, 0.15) is 35.2 Å². The molecule has 1 aliphatic rings. The van der Waals surface area contributed by atoms with E-state index in [1.165, 1.54) is 44.6 Å². The maximum absolute atomic E-state index is 13.6. The predicted molar refractivity (Wildman–Crippen MR) is 145 cm³/mol. The molecule has 1 saturated heterocycles. The van der Waals surface area contributed by atoms with Gasteiger partial charge in [-0.25, -0.2) is 3.97 Å². The summed E-state index contributed by atoms with van der Waals surface area (Å²) in [6.07, 6.45) is 5.80. The fourth-order valence-electron chi connectivity index (χ4n) is 4.40. The van der Waals surface area contributed by atoms with Gasteiger partial charge >= 0.3 is 10.2 Å². The molecule has 2 amide bonds. The van der Waals surface area contributed by atoms with Gasteiger partial charge in [0.15, 0.2) is 11.5 Å². The number of benzene rings is 2. The van der Waals surface area contributed by atoms with E-state index < -0.39 is 16.1 Å². The van der Waals surface area contributed by atoms with E-state index in [9.17, 15) is 18.0 Å². The highest BCUT2D eigenvalue weighted by atomic mass is 32.2. The zero-order valence-corrected chi connectivity index (χ0v) is 22.7. The third kappa shape index (κ3) is 5.39. The second kappa shape index (κ2) is 11.3. The van der Waals surface area contributed by atoms with Crippen LogP contribution in [0.5, 0.6) is 11.5 Å². The van der Waals surface area contributed by atoms with Crippen molar-refractivity contribution in [3.05, 3.63) is 65.5 Å². The number of amides is 2. The van der Waals surface area contributed by atoms with E-state index in [1.54, 1.807) is 47.4 Å². The van der Waals surface area contributed by atoms with E-state index in [2.05, 4.69) is 5.32 Å². The van der Waals surface area contributed by atoms with Crippen LogP contribution in [0.3, 0.4) is 0 Å². The first-order valence-electron chi connectivity index (χ1n) is 12.2. The Morgan fingerprint density at radius 1 is 0.974 bits per heavy atom. The molecule has 38 heavy (non-hydrogen) atoms. The fraction of sp³-hybridized carbons (Fsp3) is 0.333.